The van der Waals surface area contributed by atoms with Crippen molar-refractivity contribution in [1.29, 1.82) is 0 Å². The highest BCUT2D eigenvalue weighted by Crippen LogP contribution is 2.29. The van der Waals surface area contributed by atoms with Crippen molar-refractivity contribution in [2.24, 2.45) is 0 Å². The molecule has 1 saturated heterocycles. The fourth-order valence-electron chi connectivity index (χ4n) is 2.81. The van der Waals surface area contributed by atoms with Crippen LogP contribution in [-0.4, -0.2) is 59.9 Å². The van der Waals surface area contributed by atoms with Crippen LogP contribution in [0.4, 0.5) is 0 Å². The lowest BCUT2D eigenvalue weighted by Crippen LogP contribution is -2.41. The number of ether oxygens (including phenoxy) is 1. The number of fused-ring (bicyclic) bond motifs is 1. The summed E-state index contributed by atoms with van der Waals surface area (Å²) in [5, 5.41) is 0.913. The van der Waals surface area contributed by atoms with Gasteiger partial charge in [0.2, 0.25) is 11.8 Å². The predicted octanol–water partition coefficient (Wildman–Crippen LogP) is 2.45. The summed E-state index contributed by atoms with van der Waals surface area (Å²) in [4.78, 5) is 32.7. The molecule has 2 aromatic rings. The Morgan fingerprint density at radius 2 is 2.00 bits per heavy atom. The van der Waals surface area contributed by atoms with Crippen LogP contribution in [-0.2, 0) is 14.3 Å². The molecule has 0 N–H and O–H groups in total. The van der Waals surface area contributed by atoms with Crippen LogP contribution in [0.3, 0.4) is 0 Å². The minimum Gasteiger partial charge on any atom is -0.378 e. The molecule has 0 unspecified atom stereocenters. The fourth-order valence-corrected chi connectivity index (χ4v) is 3.87. The van der Waals surface area contributed by atoms with E-state index in [0.29, 0.717) is 26.3 Å². The van der Waals surface area contributed by atoms with Gasteiger partial charge in [-0.15, -0.1) is 11.3 Å². The second-order valence-corrected chi connectivity index (χ2v) is 7.26. The molecule has 25 heavy (non-hydrogen) atoms. The van der Waals surface area contributed by atoms with Gasteiger partial charge < -0.3 is 14.5 Å². The number of carbonyl (C=O) groups excluding carboxylic acids is 2. The molecule has 1 aromatic carbocycles. The van der Waals surface area contributed by atoms with Crippen molar-refractivity contribution in [3.05, 3.63) is 29.3 Å². The molecule has 1 aliphatic heterocycles. The minimum absolute atomic E-state index is 0.0256. The van der Waals surface area contributed by atoms with Gasteiger partial charge in [0.15, 0.2) is 0 Å². The quantitative estimate of drug-likeness (QED) is 0.821. The third kappa shape index (κ3) is 4.16. The number of aromatic nitrogens is 1. The van der Waals surface area contributed by atoms with E-state index in [9.17, 15) is 9.59 Å². The molecule has 0 bridgehead atoms. The highest BCUT2D eigenvalue weighted by molar-refractivity contribution is 7.18. The zero-order valence-corrected chi connectivity index (χ0v) is 15.4. The Kier molecular flexibility index (Phi) is 5.65. The molecule has 2 amide bonds. The molecule has 0 spiro atoms. The SMILES string of the molecule is C[C@H](c1nc2ccccc2s1)N(C)C(=O)CCC(=O)N1CCOCC1. The van der Waals surface area contributed by atoms with Gasteiger partial charge >= 0.3 is 0 Å². The molecule has 6 nitrogen and oxygen atoms in total. The maximum atomic E-state index is 12.5. The van der Waals surface area contributed by atoms with Crippen molar-refractivity contribution < 1.29 is 14.3 Å². The van der Waals surface area contributed by atoms with Crippen LogP contribution in [0.25, 0.3) is 10.2 Å². The standard InChI is InChI=1S/C18H23N3O3S/c1-13(18-19-14-5-3-4-6-15(14)25-18)20(2)16(22)7-8-17(23)21-9-11-24-12-10-21/h3-6,13H,7-12H2,1-2H3/t13-/m1/s1. The van der Waals surface area contributed by atoms with E-state index in [-0.39, 0.29) is 30.7 Å². The predicted molar refractivity (Wildman–Crippen MR) is 97.4 cm³/mol. The Morgan fingerprint density at radius 1 is 1.28 bits per heavy atom. The molecule has 0 aliphatic carbocycles. The smallest absolute Gasteiger partial charge is 0.223 e. The van der Waals surface area contributed by atoms with Crippen LogP contribution in [0.15, 0.2) is 24.3 Å². The molecule has 1 atom stereocenters. The maximum Gasteiger partial charge on any atom is 0.223 e. The summed E-state index contributed by atoms with van der Waals surface area (Å²) in [6, 6.07) is 7.85. The van der Waals surface area contributed by atoms with Gasteiger partial charge in [0.05, 0.1) is 29.5 Å². The Hall–Kier alpha value is -1.99. The Balaban J connectivity index is 1.56. The summed E-state index contributed by atoms with van der Waals surface area (Å²) in [7, 11) is 1.78. The summed E-state index contributed by atoms with van der Waals surface area (Å²) in [5.74, 6) is -0.00828. The third-order valence-electron chi connectivity index (χ3n) is 4.56. The van der Waals surface area contributed by atoms with Crippen molar-refractivity contribution in [3.8, 4) is 0 Å². The Labute approximate surface area is 151 Å². The summed E-state index contributed by atoms with van der Waals surface area (Å²) in [6.45, 7) is 4.36. The van der Waals surface area contributed by atoms with Crippen molar-refractivity contribution in [2.75, 3.05) is 33.4 Å². The normalized spacial score (nSPS) is 16.0. The molecule has 0 saturated carbocycles. The van der Waals surface area contributed by atoms with E-state index < -0.39 is 0 Å². The van der Waals surface area contributed by atoms with Gasteiger partial charge in [-0.3, -0.25) is 9.59 Å². The number of rotatable bonds is 5. The van der Waals surface area contributed by atoms with Crippen LogP contribution in [0.2, 0.25) is 0 Å². The molecule has 1 aliphatic rings. The third-order valence-corrected chi connectivity index (χ3v) is 5.77. The molecule has 134 valence electrons. The molecule has 7 heteroatoms. The maximum absolute atomic E-state index is 12.5. The first-order valence-corrected chi connectivity index (χ1v) is 9.34. The van der Waals surface area contributed by atoms with E-state index in [4.69, 9.17) is 4.74 Å². The van der Waals surface area contributed by atoms with Crippen LogP contribution in [0, 0.1) is 0 Å². The summed E-state index contributed by atoms with van der Waals surface area (Å²) in [5.41, 5.74) is 0.956. The van der Waals surface area contributed by atoms with Gasteiger partial charge in [-0.1, -0.05) is 12.1 Å². The molecular weight excluding hydrogens is 338 g/mol. The number of hydrogen-bond donors (Lipinski definition) is 0. The first kappa shape index (κ1) is 17.8. The number of nitrogens with zero attached hydrogens (tertiary/aromatic N) is 3. The second kappa shape index (κ2) is 7.93. The number of hydrogen-bond acceptors (Lipinski definition) is 5. The number of para-hydroxylation sites is 1. The van der Waals surface area contributed by atoms with Crippen LogP contribution < -0.4 is 0 Å². The van der Waals surface area contributed by atoms with Crippen molar-refractivity contribution in [2.45, 2.75) is 25.8 Å². The van der Waals surface area contributed by atoms with Gasteiger partial charge in [0, 0.05) is 33.0 Å². The molecular formula is C18H23N3O3S. The summed E-state index contributed by atoms with van der Waals surface area (Å²) in [6.07, 6.45) is 0.470. The number of morpholine rings is 1. The molecule has 2 heterocycles. The van der Waals surface area contributed by atoms with E-state index >= 15 is 0 Å². The van der Waals surface area contributed by atoms with Gasteiger partial charge in [-0.05, 0) is 19.1 Å². The van der Waals surface area contributed by atoms with Crippen molar-refractivity contribution in [1.82, 2.24) is 14.8 Å². The van der Waals surface area contributed by atoms with Gasteiger partial charge in [-0.25, -0.2) is 4.98 Å². The Morgan fingerprint density at radius 3 is 2.72 bits per heavy atom. The molecule has 1 aromatic heterocycles. The molecule has 0 radical (unpaired) electrons. The monoisotopic (exact) mass is 361 g/mol. The zero-order chi connectivity index (χ0) is 17.8. The van der Waals surface area contributed by atoms with E-state index in [1.807, 2.05) is 31.2 Å². The summed E-state index contributed by atoms with van der Waals surface area (Å²) >= 11 is 1.60. The summed E-state index contributed by atoms with van der Waals surface area (Å²) < 4.78 is 6.36. The van der Waals surface area contributed by atoms with Crippen molar-refractivity contribution in [3.63, 3.8) is 0 Å². The lowest BCUT2D eigenvalue weighted by molar-refractivity contribution is -0.139. The fraction of sp³-hybridized carbons (Fsp3) is 0.500. The lowest BCUT2D eigenvalue weighted by Gasteiger charge is -2.27. The largest absolute Gasteiger partial charge is 0.378 e. The number of carbonyl (C=O) groups is 2. The average Bonchev–Trinajstić information content (AvgIpc) is 3.09. The first-order valence-electron chi connectivity index (χ1n) is 8.53. The van der Waals surface area contributed by atoms with Gasteiger partial charge in [0.25, 0.3) is 0 Å². The number of amides is 2. The zero-order valence-electron chi connectivity index (χ0n) is 14.6. The number of benzene rings is 1. The molecule has 1 fully saturated rings. The van der Waals surface area contributed by atoms with E-state index in [1.165, 1.54) is 0 Å². The number of thiazole rings is 1. The first-order chi connectivity index (χ1) is 12.1. The van der Waals surface area contributed by atoms with Crippen LogP contribution in [0.5, 0.6) is 0 Å². The Bertz CT molecular complexity index is 722. The lowest BCUT2D eigenvalue weighted by atomic mass is 10.2. The minimum atomic E-state index is -0.108. The van der Waals surface area contributed by atoms with E-state index in [1.54, 1.807) is 28.2 Å². The van der Waals surface area contributed by atoms with Gasteiger partial charge in [0.1, 0.15) is 5.01 Å². The van der Waals surface area contributed by atoms with E-state index in [2.05, 4.69) is 4.98 Å². The van der Waals surface area contributed by atoms with E-state index in [0.717, 1.165) is 15.2 Å². The second-order valence-electron chi connectivity index (χ2n) is 6.19. The van der Waals surface area contributed by atoms with Crippen LogP contribution in [0.1, 0.15) is 30.8 Å². The van der Waals surface area contributed by atoms with Crippen LogP contribution >= 0.6 is 11.3 Å². The average molecular weight is 361 g/mol. The van der Waals surface area contributed by atoms with Gasteiger partial charge in [-0.2, -0.15) is 0 Å². The highest BCUT2D eigenvalue weighted by atomic mass is 32.1. The van der Waals surface area contributed by atoms with Crippen molar-refractivity contribution >= 4 is 33.4 Å². The molecule has 3 rings (SSSR count). The topological polar surface area (TPSA) is 62.7 Å². The highest BCUT2D eigenvalue weighted by Gasteiger charge is 2.23.